The zero-order valence-electron chi connectivity index (χ0n) is 14.8. The number of anilines is 1. The quantitative estimate of drug-likeness (QED) is 0.693. The summed E-state index contributed by atoms with van der Waals surface area (Å²) in [6.45, 7) is 3.06. The van der Waals surface area contributed by atoms with Gasteiger partial charge in [0.1, 0.15) is 5.84 Å². The molecule has 0 unspecified atom stereocenters. The molecule has 2 aliphatic rings. The Morgan fingerprint density at radius 1 is 1.12 bits per heavy atom. The van der Waals surface area contributed by atoms with Crippen molar-refractivity contribution in [3.8, 4) is 0 Å². The first-order valence-corrected chi connectivity index (χ1v) is 9.67. The zero-order valence-corrected chi connectivity index (χ0v) is 15.5. The van der Waals surface area contributed by atoms with Crippen LogP contribution in [0.15, 0.2) is 53.5 Å². The molecule has 130 valence electrons. The number of hydrogen-bond acceptors (Lipinski definition) is 1. The second-order valence-electron chi connectivity index (χ2n) is 7.72. The highest BCUT2D eigenvalue weighted by Crippen LogP contribution is 2.46. The fraction of sp³-hybridized carbons (Fsp3) is 0.409. The Kier molecular flexibility index (Phi) is 4.56. The minimum atomic E-state index is 0.180. The molecule has 1 heterocycles. The number of amidine groups is 1. The fourth-order valence-corrected chi connectivity index (χ4v) is 4.46. The molecule has 0 amide bonds. The largest absolute Gasteiger partial charge is 0.343 e. The topological polar surface area (TPSA) is 24.4 Å². The Morgan fingerprint density at radius 3 is 2.72 bits per heavy atom. The van der Waals surface area contributed by atoms with Gasteiger partial charge in [0.15, 0.2) is 0 Å². The lowest BCUT2D eigenvalue weighted by atomic mass is 9.65. The Morgan fingerprint density at radius 2 is 1.92 bits per heavy atom. The third-order valence-corrected chi connectivity index (χ3v) is 6.08. The number of nitrogens with one attached hydrogen (secondary N) is 1. The van der Waals surface area contributed by atoms with E-state index in [0.717, 1.165) is 17.4 Å². The molecule has 1 N–H and O–H groups in total. The molecule has 0 aromatic heterocycles. The van der Waals surface area contributed by atoms with Gasteiger partial charge >= 0.3 is 0 Å². The van der Waals surface area contributed by atoms with Crippen LogP contribution in [0.4, 0.5) is 5.69 Å². The maximum absolute atomic E-state index is 6.13. The van der Waals surface area contributed by atoms with Gasteiger partial charge in [0.2, 0.25) is 0 Å². The summed E-state index contributed by atoms with van der Waals surface area (Å²) in [6, 6.07) is 16.7. The molecular weight excluding hydrogens is 328 g/mol. The van der Waals surface area contributed by atoms with Crippen LogP contribution in [0, 0.1) is 11.3 Å². The predicted molar refractivity (Wildman–Crippen MR) is 106 cm³/mol. The van der Waals surface area contributed by atoms with Crippen LogP contribution in [-0.4, -0.2) is 5.84 Å². The standard InChI is InChI=1S/C22H25ClN2/c1-16-9-11-22(12-10-16)14-18-6-2-3-8-20(18)25-21(22)24-15-17-5-4-7-19(23)13-17/h2-8,13,16H,9-12,14-15H2,1H3,(H,24,25). The molecule has 1 saturated carbocycles. The highest BCUT2D eigenvalue weighted by molar-refractivity contribution is 6.30. The van der Waals surface area contributed by atoms with Gasteiger partial charge in [-0.15, -0.1) is 0 Å². The normalized spacial score (nSPS) is 27.1. The van der Waals surface area contributed by atoms with E-state index >= 15 is 0 Å². The molecule has 25 heavy (non-hydrogen) atoms. The predicted octanol–water partition coefficient (Wildman–Crippen LogP) is 6.10. The number of halogens is 1. The summed E-state index contributed by atoms with van der Waals surface area (Å²) in [7, 11) is 0. The lowest BCUT2D eigenvalue weighted by molar-refractivity contribution is 0.229. The van der Waals surface area contributed by atoms with Crippen molar-refractivity contribution in [1.29, 1.82) is 0 Å². The van der Waals surface area contributed by atoms with Crippen LogP contribution in [0.25, 0.3) is 0 Å². The second kappa shape index (κ2) is 6.84. The lowest BCUT2D eigenvalue weighted by Gasteiger charge is -2.44. The number of rotatable bonds is 2. The van der Waals surface area contributed by atoms with Crippen LogP contribution in [0.5, 0.6) is 0 Å². The third kappa shape index (κ3) is 3.46. The molecule has 4 rings (SSSR count). The monoisotopic (exact) mass is 352 g/mol. The maximum Gasteiger partial charge on any atom is 0.108 e. The molecule has 1 fully saturated rings. The van der Waals surface area contributed by atoms with Crippen LogP contribution in [0.2, 0.25) is 5.02 Å². The molecule has 2 aromatic carbocycles. The summed E-state index contributed by atoms with van der Waals surface area (Å²) in [5.74, 6) is 2.01. The van der Waals surface area contributed by atoms with Crippen LogP contribution in [-0.2, 0) is 13.0 Å². The summed E-state index contributed by atoms with van der Waals surface area (Å²) >= 11 is 6.13. The average molecular weight is 353 g/mol. The van der Waals surface area contributed by atoms with Crippen molar-refractivity contribution < 1.29 is 0 Å². The maximum atomic E-state index is 6.13. The summed E-state index contributed by atoms with van der Waals surface area (Å²) in [5.41, 5.74) is 4.00. The molecule has 0 bridgehead atoms. The minimum Gasteiger partial charge on any atom is -0.343 e. The molecule has 2 aromatic rings. The summed E-state index contributed by atoms with van der Waals surface area (Å²) in [6.07, 6.45) is 6.14. The van der Waals surface area contributed by atoms with E-state index in [2.05, 4.69) is 42.6 Å². The van der Waals surface area contributed by atoms with Crippen molar-refractivity contribution in [1.82, 2.24) is 0 Å². The summed E-state index contributed by atoms with van der Waals surface area (Å²) in [5, 5.41) is 4.45. The van der Waals surface area contributed by atoms with Crippen LogP contribution in [0.1, 0.15) is 43.7 Å². The molecule has 0 saturated heterocycles. The number of para-hydroxylation sites is 1. The van der Waals surface area contributed by atoms with Gasteiger partial charge in [-0.25, -0.2) is 0 Å². The van der Waals surface area contributed by atoms with Crippen molar-refractivity contribution in [3.05, 3.63) is 64.7 Å². The van der Waals surface area contributed by atoms with Crippen LogP contribution >= 0.6 is 11.6 Å². The van der Waals surface area contributed by atoms with Gasteiger partial charge in [0.25, 0.3) is 0 Å². The van der Waals surface area contributed by atoms with E-state index < -0.39 is 0 Å². The Bertz CT molecular complexity index is 788. The van der Waals surface area contributed by atoms with Gasteiger partial charge in [-0.1, -0.05) is 48.9 Å². The number of benzene rings is 2. The third-order valence-electron chi connectivity index (χ3n) is 5.84. The number of fused-ring (bicyclic) bond motifs is 1. The molecule has 0 radical (unpaired) electrons. The van der Waals surface area contributed by atoms with Crippen LogP contribution < -0.4 is 5.32 Å². The van der Waals surface area contributed by atoms with Crippen molar-refractivity contribution in [3.63, 3.8) is 0 Å². The average Bonchev–Trinajstić information content (AvgIpc) is 2.62. The van der Waals surface area contributed by atoms with Gasteiger partial charge in [-0.05, 0) is 67.3 Å². The number of hydrogen-bond donors (Lipinski definition) is 1. The molecule has 1 spiro atoms. The van der Waals surface area contributed by atoms with Gasteiger partial charge < -0.3 is 5.32 Å². The molecule has 1 aliphatic carbocycles. The van der Waals surface area contributed by atoms with E-state index in [9.17, 15) is 0 Å². The van der Waals surface area contributed by atoms with Crippen molar-refractivity contribution in [2.45, 2.75) is 45.6 Å². The van der Waals surface area contributed by atoms with E-state index in [1.54, 1.807) is 0 Å². The highest BCUT2D eigenvalue weighted by atomic mass is 35.5. The number of aliphatic imine (C=N–C) groups is 1. The van der Waals surface area contributed by atoms with E-state index in [0.29, 0.717) is 6.54 Å². The zero-order chi connectivity index (χ0) is 17.3. The van der Waals surface area contributed by atoms with Crippen LogP contribution in [0.3, 0.4) is 0 Å². The SMILES string of the molecule is CC1CCC2(CC1)Cc1ccccc1NC2=NCc1cccc(Cl)c1. The molecule has 2 nitrogen and oxygen atoms in total. The molecule has 1 aliphatic heterocycles. The first-order valence-electron chi connectivity index (χ1n) is 9.29. The van der Waals surface area contributed by atoms with Gasteiger partial charge in [-0.2, -0.15) is 0 Å². The minimum absolute atomic E-state index is 0.180. The first kappa shape index (κ1) is 16.7. The second-order valence-corrected chi connectivity index (χ2v) is 8.15. The van der Waals surface area contributed by atoms with Gasteiger partial charge in [0, 0.05) is 16.1 Å². The molecule has 3 heteroatoms. The highest BCUT2D eigenvalue weighted by Gasteiger charge is 2.42. The Balaban J connectivity index is 1.66. The summed E-state index contributed by atoms with van der Waals surface area (Å²) < 4.78 is 0. The molecule has 0 atom stereocenters. The van der Waals surface area contributed by atoms with Crippen molar-refractivity contribution in [2.75, 3.05) is 5.32 Å². The fourth-order valence-electron chi connectivity index (χ4n) is 4.25. The lowest BCUT2D eigenvalue weighted by Crippen LogP contribution is -2.44. The number of nitrogens with zero attached hydrogens (tertiary/aromatic N) is 1. The van der Waals surface area contributed by atoms with Gasteiger partial charge in [-0.3, -0.25) is 4.99 Å². The molecular formula is C22H25ClN2. The van der Waals surface area contributed by atoms with Crippen molar-refractivity contribution >= 4 is 23.1 Å². The van der Waals surface area contributed by atoms with Gasteiger partial charge in [0.05, 0.1) is 6.54 Å². The van der Waals surface area contributed by atoms with E-state index in [1.165, 1.54) is 48.3 Å². The Labute approximate surface area is 155 Å². The summed E-state index contributed by atoms with van der Waals surface area (Å²) in [4.78, 5) is 5.04. The van der Waals surface area contributed by atoms with E-state index in [4.69, 9.17) is 16.6 Å². The van der Waals surface area contributed by atoms with E-state index in [-0.39, 0.29) is 5.41 Å². The van der Waals surface area contributed by atoms with Crippen molar-refractivity contribution in [2.24, 2.45) is 16.3 Å². The first-order chi connectivity index (χ1) is 12.1. The smallest absolute Gasteiger partial charge is 0.108 e. The Hall–Kier alpha value is -1.80. The van der Waals surface area contributed by atoms with E-state index in [1.807, 2.05) is 18.2 Å².